The van der Waals surface area contributed by atoms with Crippen LogP contribution in [0.3, 0.4) is 0 Å². The lowest BCUT2D eigenvalue weighted by Crippen LogP contribution is -2.02. The number of nitrogens with zero attached hydrogens (tertiary/aromatic N) is 2. The third-order valence-corrected chi connectivity index (χ3v) is 6.64. The number of thiophene rings is 1. The Kier molecular flexibility index (Phi) is 4.46. The highest BCUT2D eigenvalue weighted by Crippen LogP contribution is 2.41. The van der Waals surface area contributed by atoms with Crippen LogP contribution in [-0.2, 0) is 0 Å². The van der Waals surface area contributed by atoms with Crippen molar-refractivity contribution in [2.24, 2.45) is 0 Å². The molecule has 0 bridgehead atoms. The Labute approximate surface area is 172 Å². The van der Waals surface area contributed by atoms with Crippen molar-refractivity contribution in [3.63, 3.8) is 0 Å². The van der Waals surface area contributed by atoms with Crippen LogP contribution in [0.15, 0.2) is 52.1 Å². The second kappa shape index (κ2) is 7.12. The van der Waals surface area contributed by atoms with Gasteiger partial charge in [0.05, 0.1) is 10.8 Å². The van der Waals surface area contributed by atoms with E-state index >= 15 is 0 Å². The molecule has 2 aromatic heterocycles. The first kappa shape index (κ1) is 17.5. The van der Waals surface area contributed by atoms with Gasteiger partial charge >= 0.3 is 0 Å². The molecule has 0 atom stereocenters. The number of hydrogen-bond acceptors (Lipinski definition) is 8. The summed E-state index contributed by atoms with van der Waals surface area (Å²) >= 11 is 9.13. The molecule has 0 saturated heterocycles. The zero-order valence-corrected chi connectivity index (χ0v) is 16.6. The minimum Gasteiger partial charge on any atom is -0.454 e. The van der Waals surface area contributed by atoms with Gasteiger partial charge in [0.15, 0.2) is 17.3 Å². The van der Waals surface area contributed by atoms with Crippen LogP contribution in [0.1, 0.15) is 10.4 Å². The largest absolute Gasteiger partial charge is 0.454 e. The zero-order chi connectivity index (χ0) is 19.1. The normalized spacial score (nSPS) is 12.6. The van der Waals surface area contributed by atoms with Crippen molar-refractivity contribution in [2.75, 3.05) is 12.5 Å². The Bertz CT molecular complexity index is 1200. The van der Waals surface area contributed by atoms with Gasteiger partial charge in [0.25, 0.3) is 11.1 Å². The summed E-state index contributed by atoms with van der Waals surface area (Å²) in [6, 6.07) is 13.0. The maximum Gasteiger partial charge on any atom is 0.277 e. The number of thioether (sulfide) groups is 1. The zero-order valence-electron chi connectivity index (χ0n) is 14.2. The van der Waals surface area contributed by atoms with Gasteiger partial charge in [0.2, 0.25) is 6.79 Å². The predicted molar refractivity (Wildman–Crippen MR) is 108 cm³/mol. The van der Waals surface area contributed by atoms with Crippen molar-refractivity contribution in [2.45, 2.75) is 5.22 Å². The second-order valence-electron chi connectivity index (χ2n) is 5.89. The maximum atomic E-state index is 12.4. The van der Waals surface area contributed by atoms with E-state index in [9.17, 15) is 4.79 Å². The minimum atomic E-state index is -0.0667. The maximum absolute atomic E-state index is 12.4. The highest BCUT2D eigenvalue weighted by Gasteiger charge is 2.20. The summed E-state index contributed by atoms with van der Waals surface area (Å²) in [7, 11) is 0. The van der Waals surface area contributed by atoms with Crippen molar-refractivity contribution in [1.29, 1.82) is 0 Å². The van der Waals surface area contributed by atoms with Crippen LogP contribution < -0.4 is 9.47 Å². The first-order valence-corrected chi connectivity index (χ1v) is 10.4. The van der Waals surface area contributed by atoms with Crippen LogP contribution in [0, 0.1) is 0 Å². The van der Waals surface area contributed by atoms with E-state index in [1.54, 1.807) is 18.2 Å². The molecule has 3 heterocycles. The molecular formula is C19H11ClN2O4S2. The number of halogens is 1. The molecule has 1 aliphatic rings. The number of ketones is 1. The summed E-state index contributed by atoms with van der Waals surface area (Å²) in [5.74, 6) is 1.68. The molecular weight excluding hydrogens is 420 g/mol. The molecule has 0 N–H and O–H groups in total. The summed E-state index contributed by atoms with van der Waals surface area (Å²) < 4.78 is 17.3. The highest BCUT2D eigenvalue weighted by molar-refractivity contribution is 7.99. The number of Topliss-reactive ketones (excluding diaryl/α,β-unsaturated/α-hetero) is 1. The molecule has 0 fully saturated rings. The molecule has 28 heavy (non-hydrogen) atoms. The predicted octanol–water partition coefficient (Wildman–Crippen LogP) is 5.31. The van der Waals surface area contributed by atoms with E-state index in [1.807, 2.05) is 24.3 Å². The van der Waals surface area contributed by atoms with E-state index in [0.717, 1.165) is 15.0 Å². The van der Waals surface area contributed by atoms with E-state index < -0.39 is 0 Å². The van der Waals surface area contributed by atoms with E-state index in [1.165, 1.54) is 23.1 Å². The molecule has 0 radical (unpaired) electrons. The van der Waals surface area contributed by atoms with E-state index in [2.05, 4.69) is 10.2 Å². The van der Waals surface area contributed by atoms with E-state index in [4.69, 9.17) is 25.5 Å². The Morgan fingerprint density at radius 3 is 2.89 bits per heavy atom. The van der Waals surface area contributed by atoms with Crippen LogP contribution >= 0.6 is 34.7 Å². The fourth-order valence-corrected chi connectivity index (χ4v) is 4.88. The molecule has 9 heteroatoms. The quantitative estimate of drug-likeness (QED) is 0.314. The summed E-state index contributed by atoms with van der Waals surface area (Å²) in [6.45, 7) is 0.173. The highest BCUT2D eigenvalue weighted by atomic mass is 35.5. The Morgan fingerprint density at radius 1 is 1.14 bits per heavy atom. The van der Waals surface area contributed by atoms with Gasteiger partial charge in [-0.25, -0.2) is 0 Å². The molecule has 5 rings (SSSR count). The first-order valence-electron chi connectivity index (χ1n) is 8.25. The molecule has 0 saturated carbocycles. The number of aromatic nitrogens is 2. The molecule has 6 nitrogen and oxygen atoms in total. The summed E-state index contributed by atoms with van der Waals surface area (Å²) in [4.78, 5) is 13.2. The van der Waals surface area contributed by atoms with Crippen LogP contribution in [0.4, 0.5) is 0 Å². The number of hydrogen-bond donors (Lipinski definition) is 0. The lowest BCUT2D eigenvalue weighted by Gasteiger charge is -2.01. The van der Waals surface area contributed by atoms with Crippen molar-refractivity contribution in [1.82, 2.24) is 10.2 Å². The standard InChI is InChI=1S/C19H11ClN2O4S2/c20-16-11-3-1-2-4-15(11)28-17(16)18-21-22-19(26-18)27-8-12(23)10-5-6-13-14(7-10)25-9-24-13/h1-7H,8-9H2. The molecule has 0 spiro atoms. The van der Waals surface area contributed by atoms with Crippen molar-refractivity contribution >= 4 is 50.6 Å². The van der Waals surface area contributed by atoms with Crippen molar-refractivity contribution < 1.29 is 18.7 Å². The van der Waals surface area contributed by atoms with Gasteiger partial charge in [-0.05, 0) is 24.3 Å². The molecule has 140 valence electrons. The third kappa shape index (κ3) is 3.13. The SMILES string of the molecule is O=C(CSc1nnc(-c2sc3ccccc3c2Cl)o1)c1ccc2c(c1)OCO2. The molecule has 0 unspecified atom stereocenters. The summed E-state index contributed by atoms with van der Waals surface area (Å²) in [6.07, 6.45) is 0. The fraction of sp³-hybridized carbons (Fsp3) is 0.105. The topological polar surface area (TPSA) is 74.5 Å². The van der Waals surface area contributed by atoms with E-state index in [-0.39, 0.29) is 18.3 Å². The molecule has 0 aliphatic carbocycles. The molecule has 1 aliphatic heterocycles. The van der Waals surface area contributed by atoms with E-state index in [0.29, 0.717) is 33.2 Å². The smallest absolute Gasteiger partial charge is 0.277 e. The van der Waals surface area contributed by atoms with Gasteiger partial charge in [-0.1, -0.05) is 41.6 Å². The number of fused-ring (bicyclic) bond motifs is 2. The van der Waals surface area contributed by atoms with Gasteiger partial charge in [-0.3, -0.25) is 4.79 Å². The van der Waals surface area contributed by atoms with Crippen LogP contribution in [0.2, 0.25) is 5.02 Å². The average Bonchev–Trinajstić information content (AvgIpc) is 3.44. The van der Waals surface area contributed by atoms with Gasteiger partial charge in [-0.2, -0.15) is 0 Å². The lowest BCUT2D eigenvalue weighted by atomic mass is 10.1. The van der Waals surface area contributed by atoms with Crippen LogP contribution in [0.5, 0.6) is 11.5 Å². The monoisotopic (exact) mass is 430 g/mol. The van der Waals surface area contributed by atoms with Crippen molar-refractivity contribution in [3.8, 4) is 22.3 Å². The second-order valence-corrected chi connectivity index (χ2v) is 8.25. The molecule has 0 amide bonds. The number of ether oxygens (including phenoxy) is 2. The van der Waals surface area contributed by atoms with Gasteiger partial charge in [0, 0.05) is 15.6 Å². The average molecular weight is 431 g/mol. The Morgan fingerprint density at radius 2 is 2.00 bits per heavy atom. The molecule has 4 aromatic rings. The lowest BCUT2D eigenvalue weighted by molar-refractivity contribution is 0.102. The first-order chi connectivity index (χ1) is 13.7. The number of carbonyl (C=O) groups is 1. The summed E-state index contributed by atoms with van der Waals surface area (Å²) in [5.41, 5.74) is 0.545. The Balaban J connectivity index is 1.31. The number of carbonyl (C=O) groups excluding carboxylic acids is 1. The molecule has 2 aromatic carbocycles. The number of benzene rings is 2. The summed E-state index contributed by atoms with van der Waals surface area (Å²) in [5, 5.41) is 9.97. The third-order valence-electron chi connectivity index (χ3n) is 4.16. The van der Waals surface area contributed by atoms with Gasteiger partial charge in [0.1, 0.15) is 4.88 Å². The minimum absolute atomic E-state index is 0.0667. The van der Waals surface area contributed by atoms with Crippen molar-refractivity contribution in [3.05, 3.63) is 53.1 Å². The fourth-order valence-electron chi connectivity index (χ4n) is 2.79. The van der Waals surface area contributed by atoms with Gasteiger partial charge in [-0.15, -0.1) is 21.5 Å². The Hall–Kier alpha value is -2.55. The van der Waals surface area contributed by atoms with Crippen LogP contribution in [-0.4, -0.2) is 28.5 Å². The number of rotatable bonds is 5. The van der Waals surface area contributed by atoms with Crippen LogP contribution in [0.25, 0.3) is 20.9 Å². The van der Waals surface area contributed by atoms with Gasteiger partial charge < -0.3 is 13.9 Å².